The van der Waals surface area contributed by atoms with Gasteiger partial charge in [-0.05, 0) is 49.8 Å². The average Bonchev–Trinajstić information content (AvgIpc) is 2.29. The van der Waals surface area contributed by atoms with Crippen LogP contribution in [0.5, 0.6) is 0 Å². The van der Waals surface area contributed by atoms with Crippen LogP contribution >= 0.6 is 12.4 Å². The summed E-state index contributed by atoms with van der Waals surface area (Å²) < 4.78 is 0. The van der Waals surface area contributed by atoms with Gasteiger partial charge in [0.25, 0.3) is 0 Å². The van der Waals surface area contributed by atoms with E-state index in [0.717, 1.165) is 18.5 Å². The largest absolute Gasteiger partial charge is 0.324 e. The number of carbonyl (C=O) groups is 1. The number of anilines is 1. The SMILES string of the molecule is C[C@H](N)C(=O)Nc1cccc2c1CCCC2.Cl. The van der Waals surface area contributed by atoms with Crippen molar-refractivity contribution in [2.45, 2.75) is 38.6 Å². The Morgan fingerprint density at radius 1 is 1.35 bits per heavy atom. The third kappa shape index (κ3) is 3.20. The quantitative estimate of drug-likeness (QED) is 0.851. The van der Waals surface area contributed by atoms with Crippen LogP contribution in [0.3, 0.4) is 0 Å². The Morgan fingerprint density at radius 3 is 2.76 bits per heavy atom. The number of hydrogen-bond acceptors (Lipinski definition) is 2. The molecule has 0 unspecified atom stereocenters. The lowest BCUT2D eigenvalue weighted by atomic mass is 9.90. The fraction of sp³-hybridized carbons (Fsp3) is 0.462. The number of nitrogens with one attached hydrogen (secondary N) is 1. The maximum absolute atomic E-state index is 11.6. The molecule has 0 fully saturated rings. The van der Waals surface area contributed by atoms with Gasteiger partial charge in [0.15, 0.2) is 0 Å². The van der Waals surface area contributed by atoms with E-state index in [1.807, 2.05) is 12.1 Å². The molecule has 3 N–H and O–H groups in total. The lowest BCUT2D eigenvalue weighted by molar-refractivity contribution is -0.117. The van der Waals surface area contributed by atoms with Crippen LogP contribution in [-0.4, -0.2) is 11.9 Å². The van der Waals surface area contributed by atoms with Crippen LogP contribution in [-0.2, 0) is 17.6 Å². The Bertz CT molecular complexity index is 404. The molecule has 3 nitrogen and oxygen atoms in total. The summed E-state index contributed by atoms with van der Waals surface area (Å²) in [5.74, 6) is -0.112. The first-order valence-corrected chi connectivity index (χ1v) is 5.85. The van der Waals surface area contributed by atoms with E-state index in [-0.39, 0.29) is 18.3 Å². The smallest absolute Gasteiger partial charge is 0.241 e. The summed E-state index contributed by atoms with van der Waals surface area (Å²) in [6.07, 6.45) is 4.64. The van der Waals surface area contributed by atoms with Crippen molar-refractivity contribution in [2.75, 3.05) is 5.32 Å². The molecule has 1 aromatic carbocycles. The van der Waals surface area contributed by atoms with Gasteiger partial charge >= 0.3 is 0 Å². The predicted molar refractivity (Wildman–Crippen MR) is 72.6 cm³/mol. The van der Waals surface area contributed by atoms with E-state index in [1.165, 1.54) is 24.0 Å². The molecule has 0 saturated heterocycles. The van der Waals surface area contributed by atoms with Gasteiger partial charge in [-0.15, -0.1) is 12.4 Å². The summed E-state index contributed by atoms with van der Waals surface area (Å²) in [5, 5.41) is 2.91. The van der Waals surface area contributed by atoms with Crippen LogP contribution in [0.25, 0.3) is 0 Å². The van der Waals surface area contributed by atoms with E-state index in [2.05, 4.69) is 11.4 Å². The molecule has 17 heavy (non-hydrogen) atoms. The molecule has 0 heterocycles. The number of nitrogens with two attached hydrogens (primary N) is 1. The second kappa shape index (κ2) is 6.03. The third-order valence-corrected chi connectivity index (χ3v) is 3.07. The van der Waals surface area contributed by atoms with Crippen LogP contribution in [0.15, 0.2) is 18.2 Å². The molecular weight excluding hydrogens is 236 g/mol. The minimum Gasteiger partial charge on any atom is -0.324 e. The van der Waals surface area contributed by atoms with Gasteiger partial charge < -0.3 is 11.1 Å². The van der Waals surface area contributed by atoms with E-state index in [1.54, 1.807) is 6.92 Å². The molecular formula is C13H19ClN2O. The lowest BCUT2D eigenvalue weighted by Crippen LogP contribution is -2.33. The highest BCUT2D eigenvalue weighted by Crippen LogP contribution is 2.27. The molecule has 0 radical (unpaired) electrons. The van der Waals surface area contributed by atoms with E-state index in [4.69, 9.17) is 5.73 Å². The number of benzene rings is 1. The first kappa shape index (κ1) is 14.0. The van der Waals surface area contributed by atoms with Gasteiger partial charge in [-0.1, -0.05) is 12.1 Å². The topological polar surface area (TPSA) is 55.1 Å². The molecule has 1 aromatic rings. The summed E-state index contributed by atoms with van der Waals surface area (Å²) in [6, 6.07) is 5.65. The maximum atomic E-state index is 11.6. The molecule has 1 amide bonds. The van der Waals surface area contributed by atoms with Gasteiger partial charge in [0.2, 0.25) is 5.91 Å². The fourth-order valence-corrected chi connectivity index (χ4v) is 2.15. The summed E-state index contributed by atoms with van der Waals surface area (Å²) >= 11 is 0. The molecule has 1 atom stereocenters. The Balaban J connectivity index is 0.00000144. The van der Waals surface area contributed by atoms with E-state index >= 15 is 0 Å². The minimum atomic E-state index is -0.459. The summed E-state index contributed by atoms with van der Waals surface area (Å²) in [5.41, 5.74) is 9.16. The zero-order valence-corrected chi connectivity index (χ0v) is 10.8. The van der Waals surface area contributed by atoms with Crippen molar-refractivity contribution in [3.63, 3.8) is 0 Å². The van der Waals surface area contributed by atoms with Gasteiger partial charge in [0, 0.05) is 5.69 Å². The normalized spacial score (nSPS) is 15.4. The number of aryl methyl sites for hydroxylation is 1. The Labute approximate surface area is 108 Å². The standard InChI is InChI=1S/C13H18N2O.ClH/c1-9(14)13(16)15-12-8-4-6-10-5-2-3-7-11(10)12;/h4,6,8-9H,2-3,5,7,14H2,1H3,(H,15,16);1H/t9-;/m0./s1. The number of fused-ring (bicyclic) bond motifs is 1. The summed E-state index contributed by atoms with van der Waals surface area (Å²) in [6.45, 7) is 1.70. The van der Waals surface area contributed by atoms with E-state index in [9.17, 15) is 4.79 Å². The highest BCUT2D eigenvalue weighted by Gasteiger charge is 2.15. The van der Waals surface area contributed by atoms with Crippen molar-refractivity contribution in [2.24, 2.45) is 5.73 Å². The zero-order valence-electron chi connectivity index (χ0n) is 10.0. The van der Waals surface area contributed by atoms with Gasteiger partial charge in [-0.3, -0.25) is 4.79 Å². The van der Waals surface area contributed by atoms with Crippen LogP contribution in [0.4, 0.5) is 5.69 Å². The van der Waals surface area contributed by atoms with Crippen molar-refractivity contribution in [3.8, 4) is 0 Å². The minimum absolute atomic E-state index is 0. The second-order valence-corrected chi connectivity index (χ2v) is 4.43. The zero-order chi connectivity index (χ0) is 11.5. The fourth-order valence-electron chi connectivity index (χ4n) is 2.15. The van der Waals surface area contributed by atoms with Crippen molar-refractivity contribution in [1.82, 2.24) is 0 Å². The Morgan fingerprint density at radius 2 is 2.06 bits per heavy atom. The summed E-state index contributed by atoms with van der Waals surface area (Å²) in [4.78, 5) is 11.6. The molecule has 0 bridgehead atoms. The Kier molecular flexibility index (Phi) is 4.97. The Hall–Kier alpha value is -1.06. The number of carbonyl (C=O) groups excluding carboxylic acids is 1. The van der Waals surface area contributed by atoms with Crippen molar-refractivity contribution < 1.29 is 4.79 Å². The molecule has 0 aromatic heterocycles. The highest BCUT2D eigenvalue weighted by molar-refractivity contribution is 5.95. The monoisotopic (exact) mass is 254 g/mol. The molecule has 94 valence electrons. The second-order valence-electron chi connectivity index (χ2n) is 4.43. The number of halogens is 1. The van der Waals surface area contributed by atoms with Crippen LogP contribution in [0, 0.1) is 0 Å². The first-order chi connectivity index (χ1) is 7.68. The number of hydrogen-bond donors (Lipinski definition) is 2. The number of rotatable bonds is 2. The van der Waals surface area contributed by atoms with Gasteiger partial charge in [-0.25, -0.2) is 0 Å². The van der Waals surface area contributed by atoms with E-state index in [0.29, 0.717) is 0 Å². The highest BCUT2D eigenvalue weighted by atomic mass is 35.5. The van der Waals surface area contributed by atoms with Gasteiger partial charge in [0.1, 0.15) is 0 Å². The average molecular weight is 255 g/mol. The predicted octanol–water partition coefficient (Wildman–Crippen LogP) is 2.27. The molecule has 0 spiro atoms. The molecule has 0 saturated carbocycles. The molecule has 4 heteroatoms. The van der Waals surface area contributed by atoms with Crippen LogP contribution < -0.4 is 11.1 Å². The van der Waals surface area contributed by atoms with Crippen LogP contribution in [0.1, 0.15) is 30.9 Å². The lowest BCUT2D eigenvalue weighted by Gasteiger charge is -2.20. The molecule has 2 rings (SSSR count). The van der Waals surface area contributed by atoms with Crippen molar-refractivity contribution in [3.05, 3.63) is 29.3 Å². The van der Waals surface area contributed by atoms with Crippen molar-refractivity contribution in [1.29, 1.82) is 0 Å². The molecule has 1 aliphatic carbocycles. The van der Waals surface area contributed by atoms with Crippen LogP contribution in [0.2, 0.25) is 0 Å². The number of amides is 1. The maximum Gasteiger partial charge on any atom is 0.241 e. The summed E-state index contributed by atoms with van der Waals surface area (Å²) in [7, 11) is 0. The molecule has 0 aliphatic heterocycles. The third-order valence-electron chi connectivity index (χ3n) is 3.07. The molecule has 1 aliphatic rings. The van der Waals surface area contributed by atoms with E-state index < -0.39 is 6.04 Å². The van der Waals surface area contributed by atoms with Gasteiger partial charge in [-0.2, -0.15) is 0 Å². The van der Waals surface area contributed by atoms with Gasteiger partial charge in [0.05, 0.1) is 6.04 Å². The van der Waals surface area contributed by atoms with Crippen molar-refractivity contribution >= 4 is 24.0 Å². The first-order valence-electron chi connectivity index (χ1n) is 5.85.